The van der Waals surface area contributed by atoms with Gasteiger partial charge in [0.05, 0.1) is 6.04 Å². The molecule has 0 radical (unpaired) electrons. The highest BCUT2D eigenvalue weighted by Crippen LogP contribution is 2.12. The first kappa shape index (κ1) is 16.2. The maximum atomic E-state index is 11.8. The Bertz CT molecular complexity index is 403. The molecular formula is C15H23BrN2O. The molecule has 4 heteroatoms. The van der Waals surface area contributed by atoms with Crippen LogP contribution >= 0.6 is 15.9 Å². The van der Waals surface area contributed by atoms with Gasteiger partial charge in [-0.15, -0.1) is 0 Å². The number of carbonyl (C=O) groups excluding carboxylic acids is 1. The quantitative estimate of drug-likeness (QED) is 0.844. The molecule has 1 unspecified atom stereocenters. The summed E-state index contributed by atoms with van der Waals surface area (Å²) in [6.45, 7) is 5.93. The van der Waals surface area contributed by atoms with Crippen molar-refractivity contribution in [3.05, 3.63) is 34.3 Å². The summed E-state index contributed by atoms with van der Waals surface area (Å²) in [6.07, 6.45) is 1.86. The molecule has 1 aromatic rings. The normalized spacial score (nSPS) is 14.2. The molecule has 0 aliphatic heterocycles. The van der Waals surface area contributed by atoms with Gasteiger partial charge in [-0.05, 0) is 43.4 Å². The van der Waals surface area contributed by atoms with Crippen molar-refractivity contribution in [1.82, 2.24) is 5.32 Å². The van der Waals surface area contributed by atoms with Gasteiger partial charge in [0.25, 0.3) is 0 Å². The summed E-state index contributed by atoms with van der Waals surface area (Å²) >= 11 is 3.42. The summed E-state index contributed by atoms with van der Waals surface area (Å²) in [7, 11) is 0. The van der Waals surface area contributed by atoms with E-state index in [0.717, 1.165) is 17.3 Å². The van der Waals surface area contributed by atoms with E-state index in [1.807, 2.05) is 32.9 Å². The Morgan fingerprint density at radius 3 is 2.37 bits per heavy atom. The minimum atomic E-state index is -0.421. The van der Waals surface area contributed by atoms with Crippen molar-refractivity contribution in [3.8, 4) is 0 Å². The zero-order valence-electron chi connectivity index (χ0n) is 11.8. The molecule has 0 spiro atoms. The van der Waals surface area contributed by atoms with E-state index in [1.165, 1.54) is 5.56 Å². The predicted molar refractivity (Wildman–Crippen MR) is 82.9 cm³/mol. The number of hydrogen-bond acceptors (Lipinski definition) is 2. The molecule has 0 aromatic heterocycles. The lowest BCUT2D eigenvalue weighted by molar-refractivity contribution is -0.123. The van der Waals surface area contributed by atoms with Crippen LogP contribution in [-0.2, 0) is 11.2 Å². The molecule has 0 fully saturated rings. The van der Waals surface area contributed by atoms with Gasteiger partial charge in [0, 0.05) is 10.5 Å². The van der Waals surface area contributed by atoms with E-state index >= 15 is 0 Å². The third kappa shape index (κ3) is 5.74. The highest BCUT2D eigenvalue weighted by molar-refractivity contribution is 9.10. The summed E-state index contributed by atoms with van der Waals surface area (Å²) in [6, 6.07) is 7.98. The average molecular weight is 327 g/mol. The molecule has 2 atom stereocenters. The third-order valence-corrected chi connectivity index (χ3v) is 3.72. The van der Waals surface area contributed by atoms with E-state index in [4.69, 9.17) is 5.73 Å². The monoisotopic (exact) mass is 326 g/mol. The fourth-order valence-electron chi connectivity index (χ4n) is 1.75. The standard InChI is InChI=1S/C15H23BrN2O/c1-10(2)14(17)15(19)18-11(3)4-5-12-6-8-13(16)9-7-12/h6-11,14H,4-5,17H2,1-3H3,(H,18,19)/t11?,14-/m0/s1. The lowest BCUT2D eigenvalue weighted by Gasteiger charge is -2.19. The highest BCUT2D eigenvalue weighted by Gasteiger charge is 2.18. The van der Waals surface area contributed by atoms with Gasteiger partial charge in [0.15, 0.2) is 0 Å². The zero-order chi connectivity index (χ0) is 14.4. The fraction of sp³-hybridized carbons (Fsp3) is 0.533. The van der Waals surface area contributed by atoms with E-state index in [0.29, 0.717) is 0 Å². The van der Waals surface area contributed by atoms with Crippen LogP contribution in [-0.4, -0.2) is 18.0 Å². The number of carbonyl (C=O) groups is 1. The molecule has 1 aromatic carbocycles. The highest BCUT2D eigenvalue weighted by atomic mass is 79.9. The Labute approximate surface area is 124 Å². The number of nitrogens with two attached hydrogens (primary N) is 1. The SMILES string of the molecule is CC(CCc1ccc(Br)cc1)NC(=O)[C@@H](N)C(C)C. The summed E-state index contributed by atoms with van der Waals surface area (Å²) in [5, 5.41) is 2.97. The van der Waals surface area contributed by atoms with Gasteiger partial charge in [0.1, 0.15) is 0 Å². The van der Waals surface area contributed by atoms with Gasteiger partial charge in [-0.2, -0.15) is 0 Å². The number of benzene rings is 1. The summed E-state index contributed by atoms with van der Waals surface area (Å²) in [5.41, 5.74) is 7.09. The van der Waals surface area contributed by atoms with Gasteiger partial charge < -0.3 is 11.1 Å². The van der Waals surface area contributed by atoms with Crippen LogP contribution in [0.3, 0.4) is 0 Å². The molecule has 106 valence electrons. The minimum Gasteiger partial charge on any atom is -0.352 e. The van der Waals surface area contributed by atoms with Crippen LogP contribution in [0.5, 0.6) is 0 Å². The van der Waals surface area contributed by atoms with Crippen molar-refractivity contribution in [2.24, 2.45) is 11.7 Å². The van der Waals surface area contributed by atoms with E-state index in [9.17, 15) is 4.79 Å². The predicted octanol–water partition coefficient (Wildman–Crippen LogP) is 2.87. The number of amides is 1. The fourth-order valence-corrected chi connectivity index (χ4v) is 2.01. The van der Waals surface area contributed by atoms with E-state index < -0.39 is 6.04 Å². The molecule has 3 N–H and O–H groups in total. The molecule has 1 rings (SSSR count). The molecule has 0 aliphatic rings. The molecule has 0 saturated heterocycles. The van der Waals surface area contributed by atoms with Crippen LogP contribution in [0.1, 0.15) is 32.8 Å². The maximum absolute atomic E-state index is 11.8. The third-order valence-electron chi connectivity index (χ3n) is 3.19. The lowest BCUT2D eigenvalue weighted by Crippen LogP contribution is -2.47. The topological polar surface area (TPSA) is 55.1 Å². The maximum Gasteiger partial charge on any atom is 0.237 e. The Hall–Kier alpha value is -0.870. The Morgan fingerprint density at radius 1 is 1.26 bits per heavy atom. The van der Waals surface area contributed by atoms with Gasteiger partial charge >= 0.3 is 0 Å². The van der Waals surface area contributed by atoms with E-state index in [2.05, 4.69) is 33.4 Å². The second kappa shape index (κ2) is 7.65. The first-order chi connectivity index (χ1) is 8.90. The molecule has 0 heterocycles. The number of halogens is 1. The van der Waals surface area contributed by atoms with Gasteiger partial charge in [-0.25, -0.2) is 0 Å². The average Bonchev–Trinajstić information content (AvgIpc) is 2.37. The lowest BCUT2D eigenvalue weighted by atomic mass is 10.0. The molecule has 19 heavy (non-hydrogen) atoms. The molecule has 0 saturated carbocycles. The number of rotatable bonds is 6. The molecule has 1 amide bonds. The van der Waals surface area contributed by atoms with E-state index in [1.54, 1.807) is 0 Å². The van der Waals surface area contributed by atoms with Crippen molar-refractivity contribution < 1.29 is 4.79 Å². The van der Waals surface area contributed by atoms with Gasteiger partial charge in [-0.1, -0.05) is 41.9 Å². The van der Waals surface area contributed by atoms with Crippen molar-refractivity contribution in [1.29, 1.82) is 0 Å². The van der Waals surface area contributed by atoms with Crippen LogP contribution < -0.4 is 11.1 Å². The number of hydrogen-bond donors (Lipinski definition) is 2. The van der Waals surface area contributed by atoms with Crippen LogP contribution in [0, 0.1) is 5.92 Å². The van der Waals surface area contributed by atoms with Crippen molar-refractivity contribution in [3.63, 3.8) is 0 Å². The van der Waals surface area contributed by atoms with Crippen LogP contribution in [0.4, 0.5) is 0 Å². The first-order valence-corrected chi connectivity index (χ1v) is 7.50. The second-order valence-electron chi connectivity index (χ2n) is 5.34. The smallest absolute Gasteiger partial charge is 0.237 e. The van der Waals surface area contributed by atoms with E-state index in [-0.39, 0.29) is 17.9 Å². The molecule has 0 bridgehead atoms. The number of aryl methyl sites for hydroxylation is 1. The Morgan fingerprint density at radius 2 is 1.84 bits per heavy atom. The molecule has 3 nitrogen and oxygen atoms in total. The zero-order valence-corrected chi connectivity index (χ0v) is 13.4. The largest absolute Gasteiger partial charge is 0.352 e. The van der Waals surface area contributed by atoms with Crippen LogP contribution in [0.25, 0.3) is 0 Å². The summed E-state index contributed by atoms with van der Waals surface area (Å²) in [5.74, 6) is 0.108. The minimum absolute atomic E-state index is 0.0571. The summed E-state index contributed by atoms with van der Waals surface area (Å²) in [4.78, 5) is 11.8. The van der Waals surface area contributed by atoms with Crippen molar-refractivity contribution in [2.75, 3.05) is 0 Å². The second-order valence-corrected chi connectivity index (χ2v) is 6.26. The first-order valence-electron chi connectivity index (χ1n) is 6.70. The Kier molecular flexibility index (Phi) is 6.52. The van der Waals surface area contributed by atoms with Gasteiger partial charge in [0.2, 0.25) is 5.91 Å². The van der Waals surface area contributed by atoms with Crippen molar-refractivity contribution in [2.45, 2.75) is 45.7 Å². The molecular weight excluding hydrogens is 304 g/mol. The summed E-state index contributed by atoms with van der Waals surface area (Å²) < 4.78 is 1.08. The molecule has 0 aliphatic carbocycles. The Balaban J connectivity index is 2.37. The van der Waals surface area contributed by atoms with Crippen molar-refractivity contribution >= 4 is 21.8 Å². The van der Waals surface area contributed by atoms with Gasteiger partial charge in [-0.3, -0.25) is 4.79 Å². The number of nitrogens with one attached hydrogen (secondary N) is 1. The van der Waals surface area contributed by atoms with Crippen LogP contribution in [0.15, 0.2) is 28.7 Å². The van der Waals surface area contributed by atoms with Crippen LogP contribution in [0.2, 0.25) is 0 Å².